The van der Waals surface area contributed by atoms with Crippen molar-refractivity contribution in [3.8, 4) is 28.3 Å². The number of allylic oxidation sites excluding steroid dienone is 4. The highest BCUT2D eigenvalue weighted by molar-refractivity contribution is 6.11. The molecule has 4 nitrogen and oxygen atoms in total. The van der Waals surface area contributed by atoms with Gasteiger partial charge in [-0.25, -0.2) is 4.98 Å². The van der Waals surface area contributed by atoms with Gasteiger partial charge in [-0.3, -0.25) is 9.55 Å². The number of aromatic nitrogens is 3. The molecule has 1 aliphatic carbocycles. The molecule has 44 heavy (non-hydrogen) atoms. The zero-order valence-corrected chi connectivity index (χ0v) is 24.0. The third kappa shape index (κ3) is 3.85. The van der Waals surface area contributed by atoms with Gasteiger partial charge in [-0.15, -0.1) is 0 Å². The van der Waals surface area contributed by atoms with E-state index in [1.165, 1.54) is 44.5 Å². The van der Waals surface area contributed by atoms with Crippen LogP contribution in [0.3, 0.4) is 0 Å². The second kappa shape index (κ2) is 9.92. The molecule has 1 unspecified atom stereocenters. The standard InChI is InChI=1S/C40H28N4/c1-2-11-27(12-3-1)28-20-22-29(23-21-28)43-36-17-6-4-13-30(36)32-25-33-31-14-5-7-18-37(31)44(39(33)26-38(32)43)40-19-10-16-35(42-40)34-15-8-9-24-41-34/h1-12,14-26,30H,13H2. The second-order valence-corrected chi connectivity index (χ2v) is 11.4. The Labute approximate surface area is 255 Å². The number of nitrogens with zero attached hydrogens (tertiary/aromatic N) is 4. The number of anilines is 2. The number of pyridine rings is 2. The summed E-state index contributed by atoms with van der Waals surface area (Å²) < 4.78 is 2.31. The molecule has 4 heteroatoms. The normalized spacial score (nSPS) is 15.4. The molecule has 2 aliphatic rings. The van der Waals surface area contributed by atoms with Crippen molar-refractivity contribution < 1.29 is 0 Å². The highest BCUT2D eigenvalue weighted by Gasteiger charge is 2.36. The Hall–Kier alpha value is -5.74. The summed E-state index contributed by atoms with van der Waals surface area (Å²) in [5.41, 5.74) is 11.6. The lowest BCUT2D eigenvalue weighted by molar-refractivity contribution is 0.820. The summed E-state index contributed by atoms with van der Waals surface area (Å²) in [5.74, 6) is 1.20. The van der Waals surface area contributed by atoms with E-state index >= 15 is 0 Å². The molecule has 0 N–H and O–H groups in total. The van der Waals surface area contributed by atoms with Crippen molar-refractivity contribution in [2.45, 2.75) is 12.3 Å². The van der Waals surface area contributed by atoms with Gasteiger partial charge in [0.25, 0.3) is 0 Å². The van der Waals surface area contributed by atoms with Crippen molar-refractivity contribution in [2.24, 2.45) is 0 Å². The van der Waals surface area contributed by atoms with Gasteiger partial charge in [-0.05, 0) is 83.8 Å². The summed E-state index contributed by atoms with van der Waals surface area (Å²) in [6.07, 6.45) is 9.59. The van der Waals surface area contributed by atoms with Gasteiger partial charge in [0.2, 0.25) is 0 Å². The predicted molar refractivity (Wildman–Crippen MR) is 180 cm³/mol. The van der Waals surface area contributed by atoms with E-state index in [2.05, 4.69) is 136 Å². The van der Waals surface area contributed by atoms with Gasteiger partial charge in [0.15, 0.2) is 0 Å². The molecule has 1 atom stereocenters. The minimum absolute atomic E-state index is 0.320. The average molecular weight is 565 g/mol. The summed E-state index contributed by atoms with van der Waals surface area (Å²) in [6, 6.07) is 45.2. The number of para-hydroxylation sites is 1. The molecule has 3 aromatic heterocycles. The molecule has 0 saturated heterocycles. The summed E-state index contributed by atoms with van der Waals surface area (Å²) in [5, 5.41) is 2.48. The number of fused-ring (bicyclic) bond motifs is 6. The lowest BCUT2D eigenvalue weighted by Gasteiger charge is -2.25. The first kappa shape index (κ1) is 24.8. The zero-order valence-electron chi connectivity index (χ0n) is 24.0. The molecule has 0 saturated carbocycles. The molecular formula is C40H28N4. The fraction of sp³-hybridized carbons (Fsp3) is 0.0500. The first-order chi connectivity index (χ1) is 21.8. The Morgan fingerprint density at radius 1 is 0.636 bits per heavy atom. The molecular weight excluding hydrogens is 536 g/mol. The lowest BCUT2D eigenvalue weighted by atomic mass is 9.91. The van der Waals surface area contributed by atoms with E-state index in [0.29, 0.717) is 5.92 Å². The average Bonchev–Trinajstić information content (AvgIpc) is 3.60. The maximum absolute atomic E-state index is 5.13. The van der Waals surface area contributed by atoms with Crippen molar-refractivity contribution in [1.29, 1.82) is 0 Å². The predicted octanol–water partition coefficient (Wildman–Crippen LogP) is 9.99. The Morgan fingerprint density at radius 2 is 1.43 bits per heavy atom. The van der Waals surface area contributed by atoms with Crippen molar-refractivity contribution in [3.63, 3.8) is 0 Å². The van der Waals surface area contributed by atoms with Crippen LogP contribution in [0.15, 0.2) is 158 Å². The highest BCUT2D eigenvalue weighted by Crippen LogP contribution is 2.52. The van der Waals surface area contributed by atoms with E-state index in [1.54, 1.807) is 0 Å². The summed E-state index contributed by atoms with van der Waals surface area (Å²) in [6.45, 7) is 0. The SMILES string of the molecule is C1=CCC2C(=C1)N(c1ccc(-c3ccccc3)cc1)c1cc3c(cc12)c1ccccc1n3-c1cccc(-c2ccccn2)n1. The summed E-state index contributed by atoms with van der Waals surface area (Å²) in [7, 11) is 0. The van der Waals surface area contributed by atoms with E-state index in [-0.39, 0.29) is 0 Å². The number of hydrogen-bond acceptors (Lipinski definition) is 3. The topological polar surface area (TPSA) is 34.0 Å². The fourth-order valence-corrected chi connectivity index (χ4v) is 6.94. The second-order valence-electron chi connectivity index (χ2n) is 11.4. The van der Waals surface area contributed by atoms with Crippen LogP contribution in [0.25, 0.3) is 50.1 Å². The Morgan fingerprint density at radius 3 is 2.30 bits per heavy atom. The van der Waals surface area contributed by atoms with Crippen molar-refractivity contribution in [2.75, 3.05) is 4.90 Å². The Kier molecular flexibility index (Phi) is 5.60. The van der Waals surface area contributed by atoms with Gasteiger partial charge in [-0.2, -0.15) is 0 Å². The van der Waals surface area contributed by atoms with E-state index in [0.717, 1.165) is 34.7 Å². The van der Waals surface area contributed by atoms with Gasteiger partial charge in [-0.1, -0.05) is 84.9 Å². The third-order valence-corrected chi connectivity index (χ3v) is 8.95. The van der Waals surface area contributed by atoms with Crippen LogP contribution in [0.4, 0.5) is 11.4 Å². The molecule has 0 spiro atoms. The van der Waals surface area contributed by atoms with Gasteiger partial charge in [0.05, 0.1) is 28.1 Å². The summed E-state index contributed by atoms with van der Waals surface area (Å²) in [4.78, 5) is 12.2. The fourth-order valence-electron chi connectivity index (χ4n) is 6.94. The first-order valence-electron chi connectivity index (χ1n) is 15.1. The van der Waals surface area contributed by atoms with Gasteiger partial charge < -0.3 is 4.90 Å². The van der Waals surface area contributed by atoms with Crippen LogP contribution in [-0.2, 0) is 0 Å². The number of benzene rings is 4. The number of hydrogen-bond donors (Lipinski definition) is 0. The molecule has 7 aromatic rings. The zero-order chi connectivity index (χ0) is 29.0. The van der Waals surface area contributed by atoms with Crippen molar-refractivity contribution >= 4 is 33.2 Å². The first-order valence-corrected chi connectivity index (χ1v) is 15.1. The van der Waals surface area contributed by atoms with Crippen LogP contribution in [0.1, 0.15) is 17.9 Å². The maximum Gasteiger partial charge on any atom is 0.138 e. The molecule has 208 valence electrons. The third-order valence-electron chi connectivity index (χ3n) is 8.95. The molecule has 0 bridgehead atoms. The number of rotatable bonds is 4. The molecule has 4 aromatic carbocycles. The largest absolute Gasteiger partial charge is 0.313 e. The summed E-state index contributed by atoms with van der Waals surface area (Å²) >= 11 is 0. The quantitative estimate of drug-likeness (QED) is 0.213. The van der Waals surface area contributed by atoms with Crippen LogP contribution >= 0.6 is 0 Å². The van der Waals surface area contributed by atoms with Gasteiger partial charge in [0.1, 0.15) is 5.82 Å². The van der Waals surface area contributed by atoms with E-state index in [4.69, 9.17) is 4.98 Å². The van der Waals surface area contributed by atoms with E-state index in [1.807, 2.05) is 30.5 Å². The Bertz CT molecular complexity index is 2240. The van der Waals surface area contributed by atoms with Crippen LogP contribution in [-0.4, -0.2) is 14.5 Å². The molecule has 4 heterocycles. The van der Waals surface area contributed by atoms with Crippen LogP contribution in [0.5, 0.6) is 0 Å². The van der Waals surface area contributed by atoms with Crippen LogP contribution in [0.2, 0.25) is 0 Å². The van der Waals surface area contributed by atoms with Crippen molar-refractivity contribution in [3.05, 3.63) is 163 Å². The molecule has 1 aliphatic heterocycles. The van der Waals surface area contributed by atoms with Gasteiger partial charge >= 0.3 is 0 Å². The van der Waals surface area contributed by atoms with Crippen LogP contribution < -0.4 is 4.90 Å². The highest BCUT2D eigenvalue weighted by atomic mass is 15.2. The van der Waals surface area contributed by atoms with Crippen LogP contribution in [0, 0.1) is 0 Å². The maximum atomic E-state index is 5.13. The monoisotopic (exact) mass is 564 g/mol. The molecule has 9 rings (SSSR count). The smallest absolute Gasteiger partial charge is 0.138 e. The van der Waals surface area contributed by atoms with Gasteiger partial charge in [0, 0.05) is 34.3 Å². The molecule has 0 radical (unpaired) electrons. The van der Waals surface area contributed by atoms with E-state index < -0.39 is 0 Å². The van der Waals surface area contributed by atoms with Crippen molar-refractivity contribution in [1.82, 2.24) is 14.5 Å². The molecule has 0 amide bonds. The molecule has 0 fully saturated rings. The minimum Gasteiger partial charge on any atom is -0.313 e. The van der Waals surface area contributed by atoms with E-state index in [9.17, 15) is 0 Å². The lowest BCUT2D eigenvalue weighted by Crippen LogP contribution is -2.14. The Balaban J connectivity index is 1.25. The minimum atomic E-state index is 0.320.